The molecule has 3 aromatic carbocycles. The molecule has 10 heteroatoms. The Morgan fingerprint density at radius 3 is 2.61 bits per heavy atom. The van der Waals surface area contributed by atoms with Crippen LogP contribution in [0.25, 0.3) is 44.8 Å². The fraction of sp³-hybridized carbons (Fsp3) is 0. The minimum Gasteiger partial charge on any atom is -0.478 e. The Balaban J connectivity index is 1.43. The zero-order valence-corrected chi connectivity index (χ0v) is 20.8. The molecule has 1 N–H and O–H groups in total. The lowest BCUT2D eigenvalue weighted by molar-refractivity contribution is 0.0697. The standard InChI is InChI=1S/C28H15Cl2N3O5/c29-17-6-9-24-16(11-17)13-25(38-24)26-32-22-4-2-1-3-20(22)27(34)33(26)31-14-18-7-10-23(37-18)15-5-8-19(28(35)36)21(30)12-15/h1-14H,(H,35,36). The predicted molar refractivity (Wildman–Crippen MR) is 145 cm³/mol. The number of rotatable bonds is 5. The second kappa shape index (κ2) is 9.33. The van der Waals surface area contributed by atoms with Crippen molar-refractivity contribution in [3.63, 3.8) is 0 Å². The van der Waals surface area contributed by atoms with Gasteiger partial charge in [0.2, 0.25) is 5.82 Å². The second-order valence-electron chi connectivity index (χ2n) is 8.31. The highest BCUT2D eigenvalue weighted by atomic mass is 35.5. The first-order valence-electron chi connectivity index (χ1n) is 11.3. The summed E-state index contributed by atoms with van der Waals surface area (Å²) in [6.07, 6.45) is 1.39. The first-order valence-corrected chi connectivity index (χ1v) is 12.0. The van der Waals surface area contributed by atoms with Gasteiger partial charge < -0.3 is 13.9 Å². The Labute approximate surface area is 224 Å². The molecule has 3 heterocycles. The number of benzene rings is 3. The van der Waals surface area contributed by atoms with Crippen LogP contribution in [0.15, 0.2) is 97.6 Å². The van der Waals surface area contributed by atoms with Crippen LogP contribution in [0.4, 0.5) is 0 Å². The van der Waals surface area contributed by atoms with Gasteiger partial charge in [0.1, 0.15) is 17.1 Å². The smallest absolute Gasteiger partial charge is 0.337 e. The van der Waals surface area contributed by atoms with Gasteiger partial charge >= 0.3 is 5.97 Å². The van der Waals surface area contributed by atoms with Gasteiger partial charge in [-0.3, -0.25) is 4.79 Å². The molecule has 0 saturated heterocycles. The highest BCUT2D eigenvalue weighted by Gasteiger charge is 2.17. The third kappa shape index (κ3) is 4.26. The topological polar surface area (TPSA) is 111 Å². The van der Waals surface area contributed by atoms with E-state index in [1.807, 2.05) is 0 Å². The molecule has 0 amide bonds. The van der Waals surface area contributed by atoms with E-state index in [0.717, 1.165) is 10.1 Å². The van der Waals surface area contributed by atoms with Crippen LogP contribution in [0, 0.1) is 0 Å². The van der Waals surface area contributed by atoms with E-state index in [4.69, 9.17) is 32.0 Å². The van der Waals surface area contributed by atoms with Crippen molar-refractivity contribution in [1.82, 2.24) is 9.66 Å². The summed E-state index contributed by atoms with van der Waals surface area (Å²) in [5, 5.41) is 15.4. The maximum Gasteiger partial charge on any atom is 0.337 e. The zero-order valence-electron chi connectivity index (χ0n) is 19.3. The van der Waals surface area contributed by atoms with Gasteiger partial charge in [0, 0.05) is 16.0 Å². The first-order chi connectivity index (χ1) is 18.4. The molecule has 0 radical (unpaired) electrons. The molecule has 0 bridgehead atoms. The van der Waals surface area contributed by atoms with Crippen molar-refractivity contribution in [3.05, 3.63) is 111 Å². The largest absolute Gasteiger partial charge is 0.478 e. The third-order valence-electron chi connectivity index (χ3n) is 5.86. The molecule has 186 valence electrons. The summed E-state index contributed by atoms with van der Waals surface area (Å²) in [7, 11) is 0. The summed E-state index contributed by atoms with van der Waals surface area (Å²) in [6.45, 7) is 0. The third-order valence-corrected chi connectivity index (χ3v) is 6.41. The lowest BCUT2D eigenvalue weighted by Gasteiger charge is -2.06. The monoisotopic (exact) mass is 543 g/mol. The van der Waals surface area contributed by atoms with Crippen LogP contribution in [0.2, 0.25) is 10.0 Å². The highest BCUT2D eigenvalue weighted by molar-refractivity contribution is 6.33. The zero-order chi connectivity index (χ0) is 26.4. The molecule has 0 aliphatic carbocycles. The number of carboxylic acid groups (broad SMARTS) is 1. The van der Waals surface area contributed by atoms with E-state index < -0.39 is 5.97 Å². The number of furan rings is 2. The van der Waals surface area contributed by atoms with Crippen molar-refractivity contribution in [3.8, 4) is 22.9 Å². The van der Waals surface area contributed by atoms with Gasteiger partial charge in [-0.1, -0.05) is 41.4 Å². The Morgan fingerprint density at radius 1 is 0.947 bits per heavy atom. The summed E-state index contributed by atoms with van der Waals surface area (Å²) in [4.78, 5) is 29.3. The molecule has 6 rings (SSSR count). The molecular weight excluding hydrogens is 529 g/mol. The number of nitrogens with zero attached hydrogens (tertiary/aromatic N) is 3. The number of aromatic carboxylic acids is 1. The molecule has 38 heavy (non-hydrogen) atoms. The number of hydrogen-bond acceptors (Lipinski definition) is 6. The molecule has 0 fully saturated rings. The Kier molecular flexibility index (Phi) is 5.83. The average Bonchev–Trinajstić information content (AvgIpc) is 3.55. The summed E-state index contributed by atoms with van der Waals surface area (Å²) in [6, 6.07) is 21.8. The van der Waals surface area contributed by atoms with Gasteiger partial charge in [-0.2, -0.15) is 9.78 Å². The lowest BCUT2D eigenvalue weighted by atomic mass is 10.1. The van der Waals surface area contributed by atoms with Crippen molar-refractivity contribution >= 4 is 57.3 Å². The minimum atomic E-state index is -1.12. The summed E-state index contributed by atoms with van der Waals surface area (Å²) in [5.74, 6) is 0.228. The van der Waals surface area contributed by atoms with Gasteiger partial charge in [0.05, 0.1) is 27.7 Å². The molecule has 6 aromatic rings. The van der Waals surface area contributed by atoms with Gasteiger partial charge in [0.15, 0.2) is 5.76 Å². The van der Waals surface area contributed by atoms with Crippen LogP contribution < -0.4 is 5.56 Å². The first kappa shape index (κ1) is 23.7. The maximum absolute atomic E-state index is 13.4. The Bertz CT molecular complexity index is 1970. The fourth-order valence-electron chi connectivity index (χ4n) is 4.05. The van der Waals surface area contributed by atoms with Crippen LogP contribution in [-0.2, 0) is 0 Å². The molecule has 0 atom stereocenters. The van der Waals surface area contributed by atoms with Gasteiger partial charge in [-0.05, 0) is 60.7 Å². The average molecular weight is 544 g/mol. The number of carbonyl (C=O) groups is 1. The number of para-hydroxylation sites is 1. The van der Waals surface area contributed by atoms with Crippen molar-refractivity contribution < 1.29 is 18.7 Å². The van der Waals surface area contributed by atoms with E-state index in [-0.39, 0.29) is 22.0 Å². The molecule has 0 aliphatic rings. The molecule has 0 unspecified atom stereocenters. The highest BCUT2D eigenvalue weighted by Crippen LogP contribution is 2.30. The van der Waals surface area contributed by atoms with Gasteiger partial charge in [-0.25, -0.2) is 9.78 Å². The summed E-state index contributed by atoms with van der Waals surface area (Å²) in [5.41, 5.74) is 1.28. The van der Waals surface area contributed by atoms with Crippen molar-refractivity contribution in [1.29, 1.82) is 0 Å². The Hall–Kier alpha value is -4.66. The Morgan fingerprint density at radius 2 is 1.79 bits per heavy atom. The normalized spacial score (nSPS) is 11.6. The number of halogens is 2. The molecule has 0 spiro atoms. The van der Waals surface area contributed by atoms with E-state index in [2.05, 4.69) is 10.1 Å². The van der Waals surface area contributed by atoms with Crippen LogP contribution in [0.1, 0.15) is 16.1 Å². The predicted octanol–water partition coefficient (Wildman–Crippen LogP) is 6.96. The summed E-state index contributed by atoms with van der Waals surface area (Å²) < 4.78 is 13.0. The van der Waals surface area contributed by atoms with Crippen LogP contribution in [0.3, 0.4) is 0 Å². The van der Waals surface area contributed by atoms with Crippen LogP contribution in [-0.4, -0.2) is 27.0 Å². The molecule has 0 saturated carbocycles. The maximum atomic E-state index is 13.4. The van der Waals surface area contributed by atoms with Gasteiger partial charge in [-0.15, -0.1) is 0 Å². The molecular formula is C28H15Cl2N3O5. The molecule has 0 aliphatic heterocycles. The number of fused-ring (bicyclic) bond motifs is 2. The SMILES string of the molecule is O=C(O)c1ccc(-c2ccc(C=Nn3c(-c4cc5cc(Cl)ccc5o4)nc4ccccc4c3=O)o2)cc1Cl. The number of carboxylic acids is 1. The van der Waals surface area contributed by atoms with E-state index in [1.165, 1.54) is 18.3 Å². The summed E-state index contributed by atoms with van der Waals surface area (Å²) >= 11 is 12.2. The van der Waals surface area contributed by atoms with E-state index in [0.29, 0.717) is 44.4 Å². The molecule has 8 nitrogen and oxygen atoms in total. The molecule has 3 aromatic heterocycles. The van der Waals surface area contributed by atoms with E-state index in [1.54, 1.807) is 66.7 Å². The van der Waals surface area contributed by atoms with Crippen molar-refractivity contribution in [2.45, 2.75) is 0 Å². The van der Waals surface area contributed by atoms with Crippen LogP contribution >= 0.6 is 23.2 Å². The van der Waals surface area contributed by atoms with Gasteiger partial charge in [0.25, 0.3) is 5.56 Å². The number of hydrogen-bond donors (Lipinski definition) is 1. The number of aromatic nitrogens is 2. The van der Waals surface area contributed by atoms with Crippen molar-refractivity contribution in [2.24, 2.45) is 5.10 Å². The minimum absolute atomic E-state index is 0.00711. The van der Waals surface area contributed by atoms with Crippen molar-refractivity contribution in [2.75, 3.05) is 0 Å². The quantitative estimate of drug-likeness (QED) is 0.235. The second-order valence-corrected chi connectivity index (χ2v) is 9.15. The van der Waals surface area contributed by atoms with E-state index in [9.17, 15) is 14.7 Å². The lowest BCUT2D eigenvalue weighted by Crippen LogP contribution is -2.20. The van der Waals surface area contributed by atoms with E-state index >= 15 is 0 Å². The fourth-order valence-corrected chi connectivity index (χ4v) is 4.49. The van der Waals surface area contributed by atoms with Crippen LogP contribution in [0.5, 0.6) is 0 Å².